The lowest BCUT2D eigenvalue weighted by atomic mass is 10.1. The minimum absolute atomic E-state index is 0.330. The molecule has 2 atom stereocenters. The van der Waals surface area contributed by atoms with Gasteiger partial charge in [-0.25, -0.2) is 4.79 Å². The van der Waals surface area contributed by atoms with Crippen molar-refractivity contribution in [3.8, 4) is 0 Å². The number of hydrogen-bond donors (Lipinski definition) is 1. The maximum Gasteiger partial charge on any atom is 0.407 e. The van der Waals surface area contributed by atoms with Gasteiger partial charge in [0.15, 0.2) is 0 Å². The number of hydrogen-bond acceptors (Lipinski definition) is 3. The second-order valence-corrected chi connectivity index (χ2v) is 5.30. The Hall–Kier alpha value is -0.770. The topological polar surface area (TPSA) is 50.9 Å². The molecule has 1 N–H and O–H groups in total. The quantitative estimate of drug-likeness (QED) is 0.582. The highest BCUT2D eigenvalue weighted by Crippen LogP contribution is 2.25. The molecule has 0 aromatic carbocycles. The van der Waals surface area contributed by atoms with Crippen LogP contribution in [0.2, 0.25) is 0 Å². The molecule has 1 rings (SSSR count). The first-order valence-corrected chi connectivity index (χ1v) is 6.01. The highest BCUT2D eigenvalue weighted by atomic mass is 16.6. The maximum atomic E-state index is 11.3. The summed E-state index contributed by atoms with van der Waals surface area (Å²) in [6.07, 6.45) is 3.73. The molecule has 94 valence electrons. The Labute approximate surface area is 97.7 Å². The molecule has 1 aliphatic rings. The number of amides is 1. The molecule has 4 nitrogen and oxygen atoms in total. The van der Waals surface area contributed by atoms with Gasteiger partial charge >= 0.3 is 6.09 Å². The maximum absolute atomic E-state index is 11.3. The van der Waals surface area contributed by atoms with E-state index in [1.807, 2.05) is 20.8 Å². The van der Waals surface area contributed by atoms with E-state index in [0.29, 0.717) is 18.8 Å². The van der Waals surface area contributed by atoms with Gasteiger partial charge in [-0.2, -0.15) is 0 Å². The standard InChI is InChI=1S/C12H23NO3/c1-9-10(15-9)7-5-6-8-13-11(14)16-12(2,3)4/h9-10H,5-8H2,1-4H3,(H,13,14). The van der Waals surface area contributed by atoms with E-state index in [9.17, 15) is 4.79 Å². The molecule has 0 saturated carbocycles. The summed E-state index contributed by atoms with van der Waals surface area (Å²) in [6.45, 7) is 8.34. The van der Waals surface area contributed by atoms with Crippen molar-refractivity contribution in [1.29, 1.82) is 0 Å². The van der Waals surface area contributed by atoms with Crippen LogP contribution in [0.25, 0.3) is 0 Å². The molecule has 0 aliphatic carbocycles. The van der Waals surface area contributed by atoms with Crippen LogP contribution in [0, 0.1) is 0 Å². The fourth-order valence-electron chi connectivity index (χ4n) is 1.51. The molecule has 0 spiro atoms. The molecule has 0 bridgehead atoms. The molecule has 0 aromatic rings. The van der Waals surface area contributed by atoms with Crippen molar-refractivity contribution in [1.82, 2.24) is 5.32 Å². The summed E-state index contributed by atoms with van der Waals surface area (Å²) in [5.74, 6) is 0. The molecule has 0 radical (unpaired) electrons. The van der Waals surface area contributed by atoms with Gasteiger partial charge in [0.25, 0.3) is 0 Å². The molecule has 1 heterocycles. The number of ether oxygens (including phenoxy) is 2. The van der Waals surface area contributed by atoms with Crippen LogP contribution in [0.1, 0.15) is 47.0 Å². The Bertz CT molecular complexity index is 235. The molecule has 1 saturated heterocycles. The van der Waals surface area contributed by atoms with Crippen LogP contribution in [0.5, 0.6) is 0 Å². The lowest BCUT2D eigenvalue weighted by molar-refractivity contribution is 0.0527. The molecule has 4 heteroatoms. The summed E-state index contributed by atoms with van der Waals surface area (Å²) in [5.41, 5.74) is -0.415. The Morgan fingerprint density at radius 3 is 2.50 bits per heavy atom. The summed E-state index contributed by atoms with van der Waals surface area (Å²) in [4.78, 5) is 11.3. The molecule has 1 amide bonds. The summed E-state index contributed by atoms with van der Waals surface area (Å²) >= 11 is 0. The summed E-state index contributed by atoms with van der Waals surface area (Å²) in [7, 11) is 0. The second kappa shape index (κ2) is 5.53. The Morgan fingerprint density at radius 1 is 1.38 bits per heavy atom. The zero-order valence-corrected chi connectivity index (χ0v) is 10.7. The Kier molecular flexibility index (Phi) is 4.59. The number of alkyl carbamates (subject to hydrolysis) is 1. The summed E-state index contributed by atoms with van der Waals surface area (Å²) in [6, 6.07) is 0. The van der Waals surface area contributed by atoms with E-state index in [4.69, 9.17) is 9.47 Å². The van der Waals surface area contributed by atoms with E-state index in [0.717, 1.165) is 19.3 Å². The third-order valence-corrected chi connectivity index (χ3v) is 2.42. The number of nitrogens with one attached hydrogen (secondary N) is 1. The van der Waals surface area contributed by atoms with Gasteiger partial charge in [0, 0.05) is 6.54 Å². The molecular weight excluding hydrogens is 206 g/mol. The van der Waals surface area contributed by atoms with Crippen molar-refractivity contribution in [2.75, 3.05) is 6.54 Å². The highest BCUT2D eigenvalue weighted by molar-refractivity contribution is 5.67. The first-order valence-electron chi connectivity index (χ1n) is 6.01. The van der Waals surface area contributed by atoms with Crippen LogP contribution in [0.3, 0.4) is 0 Å². The van der Waals surface area contributed by atoms with E-state index in [1.54, 1.807) is 0 Å². The lowest BCUT2D eigenvalue weighted by Gasteiger charge is -2.19. The number of carbonyl (C=O) groups is 1. The van der Waals surface area contributed by atoms with Crippen LogP contribution in [-0.4, -0.2) is 30.4 Å². The zero-order chi connectivity index (χ0) is 12.2. The SMILES string of the molecule is CC1OC1CCCCNC(=O)OC(C)(C)C. The molecule has 1 aliphatic heterocycles. The molecule has 1 fully saturated rings. The minimum Gasteiger partial charge on any atom is -0.444 e. The van der Waals surface area contributed by atoms with Gasteiger partial charge in [-0.1, -0.05) is 0 Å². The van der Waals surface area contributed by atoms with Crippen molar-refractivity contribution < 1.29 is 14.3 Å². The number of carbonyl (C=O) groups excluding carboxylic acids is 1. The minimum atomic E-state index is -0.415. The van der Waals surface area contributed by atoms with Crippen LogP contribution in [0.4, 0.5) is 4.79 Å². The highest BCUT2D eigenvalue weighted by Gasteiger charge is 2.32. The van der Waals surface area contributed by atoms with E-state index in [2.05, 4.69) is 12.2 Å². The van der Waals surface area contributed by atoms with Gasteiger partial charge in [-0.3, -0.25) is 0 Å². The fourth-order valence-corrected chi connectivity index (χ4v) is 1.51. The summed E-state index contributed by atoms with van der Waals surface area (Å²) in [5, 5.41) is 2.74. The molecule has 16 heavy (non-hydrogen) atoms. The van der Waals surface area contributed by atoms with Crippen LogP contribution < -0.4 is 5.32 Å². The van der Waals surface area contributed by atoms with Gasteiger partial charge < -0.3 is 14.8 Å². The first kappa shape index (κ1) is 13.3. The van der Waals surface area contributed by atoms with E-state index >= 15 is 0 Å². The average Bonchev–Trinajstić information content (AvgIpc) is 2.78. The Morgan fingerprint density at radius 2 is 2.00 bits per heavy atom. The normalized spacial score (nSPS) is 24.0. The summed E-state index contributed by atoms with van der Waals surface area (Å²) < 4.78 is 10.4. The van der Waals surface area contributed by atoms with Crippen molar-refractivity contribution >= 4 is 6.09 Å². The van der Waals surface area contributed by atoms with E-state index in [1.165, 1.54) is 0 Å². The van der Waals surface area contributed by atoms with Gasteiger partial charge in [-0.05, 0) is 47.0 Å². The van der Waals surface area contributed by atoms with Crippen LogP contribution in [0.15, 0.2) is 0 Å². The smallest absolute Gasteiger partial charge is 0.407 e. The largest absolute Gasteiger partial charge is 0.444 e. The fraction of sp³-hybridized carbons (Fsp3) is 0.917. The first-order chi connectivity index (χ1) is 7.38. The monoisotopic (exact) mass is 229 g/mol. The van der Waals surface area contributed by atoms with Crippen molar-refractivity contribution in [2.24, 2.45) is 0 Å². The molecule has 0 aromatic heterocycles. The number of epoxide rings is 1. The van der Waals surface area contributed by atoms with E-state index in [-0.39, 0.29) is 6.09 Å². The third kappa shape index (κ3) is 5.95. The average molecular weight is 229 g/mol. The van der Waals surface area contributed by atoms with Crippen molar-refractivity contribution in [3.05, 3.63) is 0 Å². The van der Waals surface area contributed by atoms with Crippen LogP contribution in [-0.2, 0) is 9.47 Å². The van der Waals surface area contributed by atoms with Crippen molar-refractivity contribution in [2.45, 2.75) is 64.8 Å². The van der Waals surface area contributed by atoms with E-state index < -0.39 is 5.60 Å². The van der Waals surface area contributed by atoms with Gasteiger partial charge in [0.05, 0.1) is 12.2 Å². The molecule has 2 unspecified atom stereocenters. The third-order valence-electron chi connectivity index (χ3n) is 2.42. The van der Waals surface area contributed by atoms with Crippen molar-refractivity contribution in [3.63, 3.8) is 0 Å². The number of unbranched alkanes of at least 4 members (excludes halogenated alkanes) is 1. The second-order valence-electron chi connectivity index (χ2n) is 5.30. The number of rotatable bonds is 5. The van der Waals surface area contributed by atoms with Gasteiger partial charge in [0.2, 0.25) is 0 Å². The Balaban J connectivity index is 1.92. The van der Waals surface area contributed by atoms with Gasteiger partial charge in [0.1, 0.15) is 5.60 Å². The van der Waals surface area contributed by atoms with Gasteiger partial charge in [-0.15, -0.1) is 0 Å². The molecular formula is C12H23NO3. The predicted octanol–water partition coefficient (Wildman–Crippen LogP) is 2.47. The predicted molar refractivity (Wildman–Crippen MR) is 62.4 cm³/mol. The lowest BCUT2D eigenvalue weighted by Crippen LogP contribution is -2.33. The zero-order valence-electron chi connectivity index (χ0n) is 10.7. The van der Waals surface area contributed by atoms with Crippen LogP contribution >= 0.6 is 0 Å².